The van der Waals surface area contributed by atoms with Gasteiger partial charge >= 0.3 is 6.18 Å². The Morgan fingerprint density at radius 3 is 2.51 bits per heavy atom. The second-order valence-corrected chi connectivity index (χ2v) is 9.42. The van der Waals surface area contributed by atoms with E-state index in [0.29, 0.717) is 37.3 Å². The molecule has 35 heavy (non-hydrogen) atoms. The van der Waals surface area contributed by atoms with E-state index in [-0.39, 0.29) is 29.1 Å². The van der Waals surface area contributed by atoms with Crippen LogP contribution in [-0.2, 0) is 17.2 Å². The van der Waals surface area contributed by atoms with Crippen molar-refractivity contribution >= 4 is 22.8 Å². The molecule has 1 fully saturated rings. The fourth-order valence-electron chi connectivity index (χ4n) is 3.83. The van der Waals surface area contributed by atoms with Gasteiger partial charge in [0.25, 0.3) is 5.91 Å². The molecule has 14 heteroatoms. The van der Waals surface area contributed by atoms with Gasteiger partial charge in [0.2, 0.25) is 5.95 Å². The number of aryl methyl sites for hydroxylation is 1. The van der Waals surface area contributed by atoms with Gasteiger partial charge in [-0.25, -0.2) is 28.5 Å². The molecule has 3 aromatic rings. The van der Waals surface area contributed by atoms with Crippen LogP contribution in [0.4, 0.5) is 19.1 Å². The van der Waals surface area contributed by atoms with Gasteiger partial charge in [-0.3, -0.25) is 4.79 Å². The van der Waals surface area contributed by atoms with Gasteiger partial charge in [0.1, 0.15) is 29.0 Å². The topological polar surface area (TPSA) is 132 Å². The summed E-state index contributed by atoms with van der Waals surface area (Å²) in [6.07, 6.45) is 1.73. The lowest BCUT2D eigenvalue weighted by atomic mass is 10.1. The summed E-state index contributed by atoms with van der Waals surface area (Å²) in [7, 11) is -1.06. The van der Waals surface area contributed by atoms with Gasteiger partial charge in [0.15, 0.2) is 0 Å². The molecule has 10 nitrogen and oxygen atoms in total. The van der Waals surface area contributed by atoms with E-state index in [1.165, 1.54) is 23.2 Å². The predicted octanol–water partition coefficient (Wildman–Crippen LogP) is 2.32. The number of hydrogen-bond donors (Lipinski definition) is 2. The highest BCUT2D eigenvalue weighted by Crippen LogP contribution is 2.36. The zero-order valence-electron chi connectivity index (χ0n) is 18.9. The molecule has 3 N–H and O–H groups in total. The van der Waals surface area contributed by atoms with Crippen molar-refractivity contribution in [3.63, 3.8) is 0 Å². The minimum Gasteiger partial charge on any atom is -0.364 e. The first kappa shape index (κ1) is 24.7. The molecular formula is C21H23F3N8O2S. The fourth-order valence-corrected chi connectivity index (χ4v) is 4.56. The monoisotopic (exact) mass is 508 g/mol. The van der Waals surface area contributed by atoms with E-state index in [2.05, 4.69) is 25.3 Å². The third-order valence-corrected chi connectivity index (χ3v) is 6.75. The van der Waals surface area contributed by atoms with Crippen LogP contribution in [0, 0.1) is 6.92 Å². The number of piperidine rings is 1. The van der Waals surface area contributed by atoms with Crippen molar-refractivity contribution in [2.75, 3.05) is 24.7 Å². The van der Waals surface area contributed by atoms with Crippen molar-refractivity contribution in [3.05, 3.63) is 47.8 Å². The van der Waals surface area contributed by atoms with E-state index in [9.17, 15) is 22.2 Å². The Hall–Kier alpha value is -3.39. The number of primary amides is 1. The van der Waals surface area contributed by atoms with Crippen molar-refractivity contribution in [1.29, 1.82) is 0 Å². The molecule has 1 unspecified atom stereocenters. The molecule has 1 atom stereocenters. The average Bonchev–Trinajstić information content (AvgIpc) is 3.28. The summed E-state index contributed by atoms with van der Waals surface area (Å²) in [5.74, 6) is -0.627. The highest BCUT2D eigenvalue weighted by molar-refractivity contribution is 7.81. The van der Waals surface area contributed by atoms with E-state index >= 15 is 0 Å². The molecule has 0 spiro atoms. The molecule has 4 heterocycles. The summed E-state index contributed by atoms with van der Waals surface area (Å²) in [6, 6.07) is 2.95. The molecular weight excluding hydrogens is 485 g/mol. The largest absolute Gasteiger partial charge is 0.420 e. The number of nitrogens with one attached hydrogen (secondary N) is 1. The second kappa shape index (κ2) is 9.70. The minimum absolute atomic E-state index is 0.00245. The van der Waals surface area contributed by atoms with E-state index in [1.54, 1.807) is 19.2 Å². The van der Waals surface area contributed by atoms with E-state index in [0.717, 1.165) is 6.20 Å². The molecule has 0 bridgehead atoms. The van der Waals surface area contributed by atoms with Gasteiger partial charge in [-0.2, -0.15) is 13.2 Å². The van der Waals surface area contributed by atoms with Crippen LogP contribution in [0.15, 0.2) is 30.9 Å². The summed E-state index contributed by atoms with van der Waals surface area (Å²) in [5.41, 5.74) is 4.92. The lowest BCUT2D eigenvalue weighted by Crippen LogP contribution is -2.39. The lowest BCUT2D eigenvalue weighted by molar-refractivity contribution is -0.137. The van der Waals surface area contributed by atoms with Gasteiger partial charge in [-0.1, -0.05) is 0 Å². The van der Waals surface area contributed by atoms with Gasteiger partial charge in [-0.15, -0.1) is 0 Å². The van der Waals surface area contributed by atoms with Crippen molar-refractivity contribution in [2.24, 2.45) is 5.73 Å². The maximum Gasteiger partial charge on any atom is 0.420 e. The zero-order valence-corrected chi connectivity index (χ0v) is 19.7. The zero-order chi connectivity index (χ0) is 25.3. The quantitative estimate of drug-likeness (QED) is 0.522. The maximum atomic E-state index is 13.7. The molecule has 0 aromatic carbocycles. The number of carbonyl (C=O) groups excluding carboxylic acids is 1. The van der Waals surface area contributed by atoms with Crippen molar-refractivity contribution in [2.45, 2.75) is 32.0 Å². The predicted molar refractivity (Wildman–Crippen MR) is 123 cm³/mol. The Labute approximate surface area is 201 Å². The standard InChI is InChI=1S/C21H23F3N8O2S/c1-12-17(4-3-15(28-12)19(25)33)31-10-16(27-11-31)18-14(21(22,23)24)9-26-20(30-18)29-13-5-7-32(8-6-13)35(2)34/h3-4,9-11,13H,5-8H2,1-2H3,(H2,25,33)(H,26,29,30). The van der Waals surface area contributed by atoms with Crippen LogP contribution in [0.3, 0.4) is 0 Å². The normalized spacial score (nSPS) is 16.3. The smallest absolute Gasteiger partial charge is 0.364 e. The van der Waals surface area contributed by atoms with Crippen LogP contribution in [0.25, 0.3) is 17.1 Å². The van der Waals surface area contributed by atoms with Crippen LogP contribution >= 0.6 is 0 Å². The van der Waals surface area contributed by atoms with Crippen LogP contribution in [0.5, 0.6) is 0 Å². The summed E-state index contributed by atoms with van der Waals surface area (Å²) >= 11 is 0. The molecule has 1 aliphatic heterocycles. The minimum atomic E-state index is -4.69. The Kier molecular flexibility index (Phi) is 6.85. The second-order valence-electron chi connectivity index (χ2n) is 8.06. The first-order valence-electron chi connectivity index (χ1n) is 10.6. The molecule has 1 saturated heterocycles. The highest BCUT2D eigenvalue weighted by atomic mass is 32.2. The number of imidazole rings is 1. The van der Waals surface area contributed by atoms with Crippen LogP contribution < -0.4 is 11.1 Å². The number of halogens is 3. The molecule has 1 amide bonds. The molecule has 186 valence electrons. The molecule has 4 rings (SSSR count). The molecule has 0 aliphatic carbocycles. The SMILES string of the molecule is Cc1nc(C(N)=O)ccc1-n1cnc(-c2nc(NC3CCN(S(C)=O)CC3)ncc2C(F)(F)F)c1. The third-order valence-electron chi connectivity index (χ3n) is 5.66. The Morgan fingerprint density at radius 1 is 1.20 bits per heavy atom. The summed E-state index contributed by atoms with van der Waals surface area (Å²) in [4.78, 5) is 27.6. The van der Waals surface area contributed by atoms with Gasteiger partial charge < -0.3 is 15.6 Å². The lowest BCUT2D eigenvalue weighted by Gasteiger charge is -2.30. The first-order chi connectivity index (χ1) is 16.5. The highest BCUT2D eigenvalue weighted by Gasteiger charge is 2.36. The number of nitrogens with zero attached hydrogens (tertiary/aromatic N) is 6. The summed E-state index contributed by atoms with van der Waals surface area (Å²) in [6.45, 7) is 2.84. The fraction of sp³-hybridized carbons (Fsp3) is 0.381. The number of aromatic nitrogens is 5. The van der Waals surface area contributed by atoms with Crippen molar-refractivity contribution in [3.8, 4) is 17.1 Å². The van der Waals surface area contributed by atoms with E-state index < -0.39 is 28.6 Å². The van der Waals surface area contributed by atoms with Gasteiger partial charge in [-0.05, 0) is 31.9 Å². The summed E-state index contributed by atoms with van der Waals surface area (Å²) in [5, 5.41) is 3.09. The van der Waals surface area contributed by atoms with Crippen LogP contribution in [0.1, 0.15) is 34.6 Å². The maximum absolute atomic E-state index is 13.7. The van der Waals surface area contributed by atoms with E-state index in [4.69, 9.17) is 5.73 Å². The number of pyridine rings is 1. The van der Waals surface area contributed by atoms with E-state index in [1.807, 2.05) is 4.31 Å². The van der Waals surface area contributed by atoms with Crippen molar-refractivity contribution in [1.82, 2.24) is 28.8 Å². The van der Waals surface area contributed by atoms with Crippen LogP contribution in [-0.4, -0.2) is 64.3 Å². The summed E-state index contributed by atoms with van der Waals surface area (Å²) < 4.78 is 56.2. The van der Waals surface area contributed by atoms with Crippen molar-refractivity contribution < 1.29 is 22.2 Å². The molecule has 0 saturated carbocycles. The number of alkyl halides is 3. The Morgan fingerprint density at radius 2 is 1.91 bits per heavy atom. The number of nitrogens with two attached hydrogens (primary N) is 1. The van der Waals surface area contributed by atoms with Crippen LogP contribution in [0.2, 0.25) is 0 Å². The molecule has 3 aromatic heterocycles. The average molecular weight is 509 g/mol. The van der Waals surface area contributed by atoms with Gasteiger partial charge in [0, 0.05) is 37.8 Å². The number of hydrogen-bond acceptors (Lipinski definition) is 7. The van der Waals surface area contributed by atoms with Gasteiger partial charge in [0.05, 0.1) is 22.4 Å². The molecule has 1 aliphatic rings. The number of anilines is 1. The molecule has 0 radical (unpaired) electrons. The number of amides is 1. The number of carbonyl (C=O) groups is 1. The first-order valence-corrected chi connectivity index (χ1v) is 12.2. The third kappa shape index (κ3) is 5.48. The number of rotatable bonds is 6. The Balaban J connectivity index is 1.63. The Bertz CT molecular complexity index is 1270.